The van der Waals surface area contributed by atoms with Gasteiger partial charge in [0.15, 0.2) is 6.29 Å². The molecule has 2 aromatic rings. The molecule has 41 heavy (non-hydrogen) atoms. The van der Waals surface area contributed by atoms with Gasteiger partial charge in [-0.3, -0.25) is 4.84 Å². The van der Waals surface area contributed by atoms with Gasteiger partial charge in [0.05, 0.1) is 55.9 Å². The molecular formula is C29H38N2O9S. The second kappa shape index (κ2) is 13.5. The summed E-state index contributed by atoms with van der Waals surface area (Å²) < 4.78 is 50.2. The van der Waals surface area contributed by atoms with Crippen molar-refractivity contribution in [3.63, 3.8) is 0 Å². The van der Waals surface area contributed by atoms with E-state index >= 15 is 0 Å². The molecule has 2 aliphatic heterocycles. The van der Waals surface area contributed by atoms with Gasteiger partial charge in [-0.05, 0) is 55.5 Å². The van der Waals surface area contributed by atoms with Crippen LogP contribution in [0, 0.1) is 5.92 Å². The molecule has 1 saturated carbocycles. The zero-order valence-corrected chi connectivity index (χ0v) is 23.9. The maximum Gasteiger partial charge on any atom is 0.407 e. The van der Waals surface area contributed by atoms with E-state index in [2.05, 4.69) is 5.32 Å². The molecule has 0 bridgehead atoms. The lowest BCUT2D eigenvalue weighted by Gasteiger charge is -2.31. The number of ether oxygens (including phenoxy) is 4. The summed E-state index contributed by atoms with van der Waals surface area (Å²) in [6.45, 7) is 0.386. The minimum absolute atomic E-state index is 0.00467. The van der Waals surface area contributed by atoms with Crippen molar-refractivity contribution in [3.05, 3.63) is 60.2 Å². The fraction of sp³-hybridized carbons (Fsp3) is 0.552. The van der Waals surface area contributed by atoms with Gasteiger partial charge in [0.2, 0.25) is 0 Å². The molecule has 2 heterocycles. The maximum absolute atomic E-state index is 13.7. The van der Waals surface area contributed by atoms with Crippen LogP contribution in [-0.2, 0) is 35.5 Å². The first-order chi connectivity index (χ1) is 19.8. The van der Waals surface area contributed by atoms with Crippen LogP contribution in [0.25, 0.3) is 0 Å². The smallest absolute Gasteiger partial charge is 0.407 e. The normalized spacial score (nSPS) is 24.2. The minimum Gasteiger partial charge on any atom is -0.497 e. The Kier molecular flexibility index (Phi) is 9.79. The SMILES string of the molecule is COc1ccc(S(=O)(=O)N(C[C@H](O)[C@H](Cc2ccccc2)NC(=O)O[C@H]2CO[C@H]3OCC[C@H]32)OC2CCCC2)cc1. The van der Waals surface area contributed by atoms with E-state index in [1.54, 1.807) is 12.1 Å². The number of nitrogens with one attached hydrogen (secondary N) is 1. The van der Waals surface area contributed by atoms with Crippen LogP contribution in [0.15, 0.2) is 59.5 Å². The topological polar surface area (TPSA) is 133 Å². The average Bonchev–Trinajstić information content (AvgIpc) is 3.74. The fourth-order valence-electron chi connectivity index (χ4n) is 5.52. The first-order valence-corrected chi connectivity index (χ1v) is 15.5. The number of carbonyl (C=O) groups is 1. The number of alkyl carbamates (subject to hydrolysis) is 1. The molecule has 0 spiro atoms. The van der Waals surface area contributed by atoms with Crippen molar-refractivity contribution in [2.24, 2.45) is 5.92 Å². The molecule has 0 radical (unpaired) electrons. The van der Waals surface area contributed by atoms with Crippen LogP contribution in [0.3, 0.4) is 0 Å². The van der Waals surface area contributed by atoms with Crippen molar-refractivity contribution in [2.75, 3.05) is 26.9 Å². The Bertz CT molecular complexity index is 1240. The van der Waals surface area contributed by atoms with Crippen LogP contribution in [0.2, 0.25) is 0 Å². The average molecular weight is 591 g/mol. The Hall–Kier alpha value is -2.74. The summed E-state index contributed by atoms with van der Waals surface area (Å²) >= 11 is 0. The largest absolute Gasteiger partial charge is 0.497 e. The predicted molar refractivity (Wildman–Crippen MR) is 147 cm³/mol. The third-order valence-electron chi connectivity index (χ3n) is 7.84. The van der Waals surface area contributed by atoms with Crippen LogP contribution in [0.4, 0.5) is 4.79 Å². The number of hydroxylamine groups is 1. The highest BCUT2D eigenvalue weighted by Crippen LogP contribution is 2.33. The van der Waals surface area contributed by atoms with E-state index in [9.17, 15) is 18.3 Å². The lowest BCUT2D eigenvalue weighted by molar-refractivity contribution is -0.145. The third-order valence-corrected chi connectivity index (χ3v) is 9.48. The quantitative estimate of drug-likeness (QED) is 0.358. The van der Waals surface area contributed by atoms with Gasteiger partial charge >= 0.3 is 6.09 Å². The van der Waals surface area contributed by atoms with Gasteiger partial charge in [-0.25, -0.2) is 13.2 Å². The van der Waals surface area contributed by atoms with Gasteiger partial charge in [0.25, 0.3) is 10.0 Å². The number of nitrogens with zero attached hydrogens (tertiary/aromatic N) is 1. The molecule has 0 unspecified atom stereocenters. The number of sulfonamides is 1. The van der Waals surface area contributed by atoms with Crippen molar-refractivity contribution >= 4 is 16.1 Å². The first-order valence-electron chi connectivity index (χ1n) is 14.1. The summed E-state index contributed by atoms with van der Waals surface area (Å²) in [4.78, 5) is 19.0. The number of aliphatic hydroxyl groups is 1. The maximum atomic E-state index is 13.7. The summed E-state index contributed by atoms with van der Waals surface area (Å²) in [6, 6.07) is 14.4. The van der Waals surface area contributed by atoms with Crippen molar-refractivity contribution < 1.29 is 42.1 Å². The van der Waals surface area contributed by atoms with Crippen molar-refractivity contribution in [1.29, 1.82) is 0 Å². The predicted octanol–water partition coefficient (Wildman–Crippen LogP) is 3.02. The van der Waals surface area contributed by atoms with Gasteiger partial charge in [0.1, 0.15) is 11.9 Å². The number of hydrogen-bond acceptors (Lipinski definition) is 9. The molecule has 224 valence electrons. The standard InChI is InChI=1S/C29H38N2O9S/c1-36-21-11-13-23(14-12-21)41(34,35)31(40-22-9-5-6-10-22)18-26(32)25(17-20-7-3-2-4-8-20)30-29(33)39-27-19-38-28-24(27)15-16-37-28/h2-4,7-8,11-14,22,24-28,32H,5-6,9-10,15-19H2,1H3,(H,30,33)/t24-,25-,26-,27-,28+/m0/s1. The van der Waals surface area contributed by atoms with Gasteiger partial charge in [-0.2, -0.15) is 0 Å². The molecule has 2 saturated heterocycles. The van der Waals surface area contributed by atoms with Crippen LogP contribution in [-0.4, -0.2) is 81.6 Å². The Morgan fingerprint density at radius 2 is 1.80 bits per heavy atom. The number of benzene rings is 2. The Labute approximate surface area is 240 Å². The summed E-state index contributed by atoms with van der Waals surface area (Å²) in [5.41, 5.74) is 0.853. The van der Waals surface area contributed by atoms with Crippen molar-refractivity contribution in [3.8, 4) is 5.75 Å². The van der Waals surface area contributed by atoms with Crippen LogP contribution >= 0.6 is 0 Å². The number of aliphatic hydroxyl groups excluding tert-OH is 1. The zero-order chi connectivity index (χ0) is 28.8. The van der Waals surface area contributed by atoms with E-state index in [1.807, 2.05) is 30.3 Å². The number of fused-ring (bicyclic) bond motifs is 1. The van der Waals surface area contributed by atoms with Crippen molar-refractivity contribution in [2.45, 2.75) is 74.1 Å². The first kappa shape index (κ1) is 29.7. The highest BCUT2D eigenvalue weighted by Gasteiger charge is 2.44. The van der Waals surface area contributed by atoms with Gasteiger partial charge in [0, 0.05) is 0 Å². The minimum atomic E-state index is -4.15. The van der Waals surface area contributed by atoms with Gasteiger partial charge in [-0.1, -0.05) is 47.6 Å². The van der Waals surface area contributed by atoms with Crippen LogP contribution < -0.4 is 10.1 Å². The fourth-order valence-corrected chi connectivity index (χ4v) is 6.82. The molecule has 0 aromatic heterocycles. The lowest BCUT2D eigenvalue weighted by Crippen LogP contribution is -2.51. The van der Waals surface area contributed by atoms with Gasteiger partial charge < -0.3 is 29.4 Å². The van der Waals surface area contributed by atoms with E-state index in [-0.39, 0.29) is 36.2 Å². The Morgan fingerprint density at radius 1 is 1.07 bits per heavy atom. The number of amides is 1. The Morgan fingerprint density at radius 3 is 2.51 bits per heavy atom. The third kappa shape index (κ3) is 7.37. The number of methoxy groups -OCH3 is 1. The van der Waals surface area contributed by atoms with E-state index in [1.165, 1.54) is 19.2 Å². The van der Waals surface area contributed by atoms with E-state index in [0.717, 1.165) is 42.1 Å². The Balaban J connectivity index is 1.33. The van der Waals surface area contributed by atoms with E-state index in [4.69, 9.17) is 23.8 Å². The van der Waals surface area contributed by atoms with E-state index in [0.29, 0.717) is 12.4 Å². The summed E-state index contributed by atoms with van der Waals surface area (Å²) in [5, 5.41) is 14.2. The molecule has 2 aromatic carbocycles. The van der Waals surface area contributed by atoms with Gasteiger partial charge in [-0.15, -0.1) is 0 Å². The second-order valence-electron chi connectivity index (χ2n) is 10.7. The molecule has 2 N–H and O–H groups in total. The molecule has 1 amide bonds. The molecule has 5 atom stereocenters. The van der Waals surface area contributed by atoms with Crippen LogP contribution in [0.1, 0.15) is 37.7 Å². The summed E-state index contributed by atoms with van der Waals surface area (Å²) in [5.74, 6) is 0.476. The zero-order valence-electron chi connectivity index (χ0n) is 23.1. The monoisotopic (exact) mass is 590 g/mol. The summed E-state index contributed by atoms with van der Waals surface area (Å²) in [7, 11) is -2.65. The number of carbonyl (C=O) groups excluding carboxylic acids is 1. The lowest BCUT2D eigenvalue weighted by atomic mass is 10.0. The highest BCUT2D eigenvalue weighted by atomic mass is 32.2. The summed E-state index contributed by atoms with van der Waals surface area (Å²) in [6.07, 6.45) is 1.13. The molecule has 3 aliphatic rings. The molecule has 3 fully saturated rings. The number of rotatable bonds is 12. The molecule has 12 heteroatoms. The second-order valence-corrected chi connectivity index (χ2v) is 12.5. The molecule has 5 rings (SSSR count). The molecule has 11 nitrogen and oxygen atoms in total. The molecular weight excluding hydrogens is 552 g/mol. The highest BCUT2D eigenvalue weighted by molar-refractivity contribution is 7.89. The molecule has 1 aliphatic carbocycles. The van der Waals surface area contributed by atoms with E-state index < -0.39 is 40.9 Å². The van der Waals surface area contributed by atoms with Crippen molar-refractivity contribution in [1.82, 2.24) is 9.79 Å². The van der Waals surface area contributed by atoms with Crippen LogP contribution in [0.5, 0.6) is 5.75 Å². The number of hydrogen-bond donors (Lipinski definition) is 2.